The lowest BCUT2D eigenvalue weighted by molar-refractivity contribution is -0.151. The van der Waals surface area contributed by atoms with Crippen molar-refractivity contribution >= 4 is 55.1 Å². The molecule has 158 valence electrons. The lowest BCUT2D eigenvalue weighted by Crippen LogP contribution is -2.47. The topological polar surface area (TPSA) is 83.0 Å². The van der Waals surface area contributed by atoms with Crippen LogP contribution >= 0.6 is 22.7 Å². The van der Waals surface area contributed by atoms with Gasteiger partial charge < -0.3 is 19.4 Å². The Morgan fingerprint density at radius 1 is 1.28 bits per heavy atom. The van der Waals surface area contributed by atoms with Crippen molar-refractivity contribution in [3.63, 3.8) is 0 Å². The molecule has 8 nitrogen and oxygen atoms in total. The summed E-state index contributed by atoms with van der Waals surface area (Å²) in [6.07, 6.45) is 1.49. The van der Waals surface area contributed by atoms with E-state index >= 15 is 0 Å². The minimum Gasteiger partial charge on any atom is -0.466 e. The fourth-order valence-corrected chi connectivity index (χ4v) is 5.37. The Morgan fingerprint density at radius 3 is 2.69 bits per heavy atom. The number of rotatable bonds is 6. The van der Waals surface area contributed by atoms with Crippen molar-refractivity contribution in [2.75, 3.05) is 52.3 Å². The van der Waals surface area contributed by atoms with Gasteiger partial charge in [0.15, 0.2) is 5.13 Å². The molecule has 3 rings (SSSR count). The second-order valence-corrected chi connectivity index (χ2v) is 9.30. The Morgan fingerprint density at radius 2 is 2.03 bits per heavy atom. The second kappa shape index (κ2) is 9.08. The average Bonchev–Trinajstić information content (AvgIpc) is 3.27. The first-order valence-corrected chi connectivity index (χ1v) is 11.2. The molecule has 0 saturated carbocycles. The van der Waals surface area contributed by atoms with Crippen molar-refractivity contribution in [1.29, 1.82) is 0 Å². The zero-order chi connectivity index (χ0) is 21.1. The van der Waals surface area contributed by atoms with Gasteiger partial charge in [0, 0.05) is 34.2 Å². The number of hydrogen-bond acceptors (Lipinski definition) is 8. The minimum atomic E-state index is -0.283. The van der Waals surface area contributed by atoms with E-state index in [4.69, 9.17) is 4.74 Å². The first-order valence-electron chi connectivity index (χ1n) is 9.57. The van der Waals surface area contributed by atoms with Gasteiger partial charge in [-0.25, -0.2) is 4.98 Å². The van der Waals surface area contributed by atoms with Crippen molar-refractivity contribution in [2.24, 2.45) is 5.92 Å². The molecule has 1 fully saturated rings. The van der Waals surface area contributed by atoms with Crippen LogP contribution in [0, 0.1) is 5.92 Å². The van der Waals surface area contributed by atoms with E-state index in [1.807, 2.05) is 25.1 Å². The van der Waals surface area contributed by atoms with Crippen molar-refractivity contribution in [3.8, 4) is 0 Å². The summed E-state index contributed by atoms with van der Waals surface area (Å²) in [5, 5.41) is 0.898. The number of carbonyl (C=O) groups is 3. The van der Waals surface area contributed by atoms with Crippen molar-refractivity contribution in [2.45, 2.75) is 19.8 Å². The van der Waals surface area contributed by atoms with E-state index in [1.165, 1.54) is 27.6 Å². The Bertz CT molecular complexity index is 876. The number of amides is 2. The van der Waals surface area contributed by atoms with Crippen LogP contribution in [0.25, 0.3) is 9.53 Å². The Hall–Kier alpha value is -2.20. The van der Waals surface area contributed by atoms with Crippen LogP contribution < -0.4 is 4.90 Å². The maximum Gasteiger partial charge on any atom is 0.310 e. The lowest BCUT2D eigenvalue weighted by atomic mass is 9.98. The highest BCUT2D eigenvalue weighted by Crippen LogP contribution is 2.34. The first kappa shape index (κ1) is 21.5. The Kier molecular flexibility index (Phi) is 6.74. The van der Waals surface area contributed by atoms with Crippen LogP contribution in [0.4, 0.5) is 5.13 Å². The van der Waals surface area contributed by atoms with Gasteiger partial charge in [-0.05, 0) is 25.8 Å². The maximum atomic E-state index is 12.8. The second-order valence-electron chi connectivity index (χ2n) is 7.26. The normalized spacial score (nSPS) is 16.7. The summed E-state index contributed by atoms with van der Waals surface area (Å²) >= 11 is 2.87. The number of nitrogens with zero attached hydrogens (tertiary/aromatic N) is 4. The van der Waals surface area contributed by atoms with E-state index in [9.17, 15) is 14.4 Å². The molecule has 29 heavy (non-hydrogen) atoms. The highest BCUT2D eigenvalue weighted by atomic mass is 32.1. The molecule has 0 aliphatic carbocycles. The fraction of sp³-hybridized carbons (Fsp3) is 0.579. The quantitative estimate of drug-likeness (QED) is 0.644. The number of likely N-dealkylation sites (N-methyl/N-ethyl adjacent to an activating group) is 1. The van der Waals surface area contributed by atoms with Gasteiger partial charge in [-0.2, -0.15) is 0 Å². The molecule has 0 N–H and O–H groups in total. The SMILES string of the molecule is CCOC(=O)C1CCCN(C(=O)CN(C)C(=O)c2cc3sc(N(C)C)nc3s2)C1. The Labute approximate surface area is 178 Å². The van der Waals surface area contributed by atoms with Crippen LogP contribution in [0.3, 0.4) is 0 Å². The number of hydrogen-bond donors (Lipinski definition) is 0. The smallest absolute Gasteiger partial charge is 0.310 e. The summed E-state index contributed by atoms with van der Waals surface area (Å²) in [6.45, 7) is 3.05. The van der Waals surface area contributed by atoms with Gasteiger partial charge in [0.25, 0.3) is 5.91 Å². The van der Waals surface area contributed by atoms with E-state index in [0.717, 1.165) is 27.5 Å². The molecule has 3 heterocycles. The zero-order valence-electron chi connectivity index (χ0n) is 17.1. The molecule has 1 atom stereocenters. The monoisotopic (exact) mass is 438 g/mol. The number of thiazole rings is 1. The summed E-state index contributed by atoms with van der Waals surface area (Å²) < 4.78 is 6.05. The maximum absolute atomic E-state index is 12.8. The van der Waals surface area contributed by atoms with E-state index in [1.54, 1.807) is 18.9 Å². The van der Waals surface area contributed by atoms with E-state index in [2.05, 4.69) is 4.98 Å². The minimum absolute atomic E-state index is 0.0176. The van der Waals surface area contributed by atoms with Crippen LogP contribution in [-0.2, 0) is 14.3 Å². The summed E-state index contributed by atoms with van der Waals surface area (Å²) in [4.78, 5) is 48.4. The molecule has 10 heteroatoms. The van der Waals surface area contributed by atoms with E-state index < -0.39 is 0 Å². The number of piperidine rings is 1. The first-order chi connectivity index (χ1) is 13.8. The van der Waals surface area contributed by atoms with Gasteiger partial charge in [-0.15, -0.1) is 11.3 Å². The summed E-state index contributed by atoms with van der Waals surface area (Å²) in [6, 6.07) is 1.84. The van der Waals surface area contributed by atoms with Crippen LogP contribution in [0.2, 0.25) is 0 Å². The van der Waals surface area contributed by atoms with E-state index in [0.29, 0.717) is 24.6 Å². The molecule has 1 saturated heterocycles. The van der Waals surface area contributed by atoms with Gasteiger partial charge >= 0.3 is 5.97 Å². The van der Waals surface area contributed by atoms with Crippen LogP contribution in [0.1, 0.15) is 29.4 Å². The average molecular weight is 439 g/mol. The van der Waals surface area contributed by atoms with Gasteiger partial charge in [-0.1, -0.05) is 11.3 Å². The molecule has 0 spiro atoms. The van der Waals surface area contributed by atoms with Gasteiger partial charge in [0.05, 0.1) is 28.6 Å². The lowest BCUT2D eigenvalue weighted by Gasteiger charge is -2.32. The molecule has 2 amide bonds. The summed E-state index contributed by atoms with van der Waals surface area (Å²) in [5.74, 6) is -0.882. The number of anilines is 1. The van der Waals surface area contributed by atoms with E-state index in [-0.39, 0.29) is 30.2 Å². The highest BCUT2D eigenvalue weighted by molar-refractivity contribution is 7.29. The van der Waals surface area contributed by atoms with Crippen molar-refractivity contribution in [3.05, 3.63) is 10.9 Å². The molecular weight excluding hydrogens is 412 g/mol. The molecule has 1 aliphatic rings. The third kappa shape index (κ3) is 4.87. The predicted molar refractivity (Wildman–Crippen MR) is 115 cm³/mol. The van der Waals surface area contributed by atoms with Crippen LogP contribution in [0.15, 0.2) is 6.07 Å². The number of carbonyl (C=O) groups excluding carboxylic acids is 3. The molecule has 1 unspecified atom stereocenters. The molecule has 0 bridgehead atoms. The van der Waals surface area contributed by atoms with Gasteiger partial charge in [0.2, 0.25) is 5.91 Å². The number of thiophene rings is 1. The standard InChI is InChI=1S/C19H26N4O4S2/c1-5-27-18(26)12-7-6-8-23(10-12)15(24)11-22(4)17(25)14-9-13-16(28-14)20-19(29-13)21(2)3/h9,12H,5-8,10-11H2,1-4H3. The van der Waals surface area contributed by atoms with Crippen molar-refractivity contribution < 1.29 is 19.1 Å². The van der Waals surface area contributed by atoms with Gasteiger partial charge in [-0.3, -0.25) is 14.4 Å². The molecule has 2 aromatic heterocycles. The number of aromatic nitrogens is 1. The third-order valence-electron chi connectivity index (χ3n) is 4.78. The molecule has 1 aliphatic heterocycles. The number of likely N-dealkylation sites (tertiary alicyclic amines) is 1. The number of esters is 1. The number of fused-ring (bicyclic) bond motifs is 1. The summed E-state index contributed by atoms with van der Waals surface area (Å²) in [5.41, 5.74) is 0. The van der Waals surface area contributed by atoms with Crippen LogP contribution in [0.5, 0.6) is 0 Å². The molecule has 0 radical (unpaired) electrons. The molecule has 2 aromatic rings. The van der Waals surface area contributed by atoms with Crippen molar-refractivity contribution in [1.82, 2.24) is 14.8 Å². The summed E-state index contributed by atoms with van der Waals surface area (Å²) in [7, 11) is 5.49. The third-order valence-corrected chi connectivity index (χ3v) is 7.10. The number of ether oxygens (including phenoxy) is 1. The largest absolute Gasteiger partial charge is 0.466 e. The molecular formula is C19H26N4O4S2. The fourth-order valence-electron chi connectivity index (χ4n) is 3.24. The zero-order valence-corrected chi connectivity index (χ0v) is 18.8. The van der Waals surface area contributed by atoms with Crippen LogP contribution in [-0.4, -0.2) is 80.0 Å². The predicted octanol–water partition coefficient (Wildman–Crippen LogP) is 2.30. The highest BCUT2D eigenvalue weighted by Gasteiger charge is 2.30. The van der Waals surface area contributed by atoms with Gasteiger partial charge in [0.1, 0.15) is 4.83 Å². The molecule has 0 aromatic carbocycles. The Balaban J connectivity index is 1.60.